The van der Waals surface area contributed by atoms with Crippen molar-refractivity contribution >= 4 is 17.6 Å². The number of aromatic nitrogens is 3. The van der Waals surface area contributed by atoms with Crippen molar-refractivity contribution in [2.24, 2.45) is 0 Å². The Kier molecular flexibility index (Phi) is 2.74. The highest BCUT2D eigenvalue weighted by atomic mass is 16.4. The topological polar surface area (TPSA) is 108 Å². The second-order valence-corrected chi connectivity index (χ2v) is 4.77. The van der Waals surface area contributed by atoms with Crippen LogP contribution in [-0.4, -0.2) is 32.4 Å². The summed E-state index contributed by atoms with van der Waals surface area (Å²) >= 11 is 0. The summed E-state index contributed by atoms with van der Waals surface area (Å²) in [6.07, 6.45) is 2.65. The lowest BCUT2D eigenvalue weighted by Gasteiger charge is -2.11. The summed E-state index contributed by atoms with van der Waals surface area (Å²) < 4.78 is 0. The van der Waals surface area contributed by atoms with Crippen molar-refractivity contribution in [2.45, 2.75) is 18.3 Å². The molecule has 3 rings (SSSR count). The molecule has 0 aliphatic heterocycles. The van der Waals surface area contributed by atoms with Gasteiger partial charge in [-0.15, -0.1) is 0 Å². The molecule has 102 valence electrons. The average molecular weight is 272 g/mol. The van der Waals surface area contributed by atoms with Gasteiger partial charge in [-0.25, -0.2) is 0 Å². The number of anilines is 1. The molecule has 0 spiro atoms. The Balaban J connectivity index is 1.74. The monoisotopic (exact) mass is 272 g/mol. The van der Waals surface area contributed by atoms with E-state index in [2.05, 4.69) is 20.7 Å². The largest absolute Gasteiger partial charge is 0.481 e. The number of carboxylic acids is 1. The van der Waals surface area contributed by atoms with Crippen LogP contribution in [0.25, 0.3) is 0 Å². The van der Waals surface area contributed by atoms with Crippen LogP contribution in [0.1, 0.15) is 28.9 Å². The first-order valence-corrected chi connectivity index (χ1v) is 6.13. The first-order valence-electron chi connectivity index (χ1n) is 6.13. The molecule has 7 nitrogen and oxygen atoms in total. The lowest BCUT2D eigenvalue weighted by Crippen LogP contribution is -2.19. The number of carbonyl (C=O) groups excluding carboxylic acids is 1. The van der Waals surface area contributed by atoms with E-state index in [1.54, 1.807) is 24.3 Å². The zero-order valence-corrected chi connectivity index (χ0v) is 10.5. The normalized spacial score (nSPS) is 15.6. The summed E-state index contributed by atoms with van der Waals surface area (Å²) in [6.45, 7) is 0. The minimum atomic E-state index is -0.795. The molecule has 1 fully saturated rings. The minimum Gasteiger partial charge on any atom is -0.481 e. The predicted octanol–water partition coefficient (Wildman–Crippen LogP) is 1.17. The summed E-state index contributed by atoms with van der Waals surface area (Å²) in [4.78, 5) is 23.0. The smallest absolute Gasteiger partial charge is 0.314 e. The van der Waals surface area contributed by atoms with Crippen LogP contribution in [0.3, 0.4) is 0 Å². The standard InChI is InChI=1S/C13H12N4O3/c18-11(10-7-14-17-16-10)15-9-3-1-8(2-4-9)13(5-6-13)12(19)20/h1-4,7H,5-6H2,(H,15,18)(H,19,20)(H,14,16,17). The highest BCUT2D eigenvalue weighted by molar-refractivity contribution is 6.02. The number of benzene rings is 1. The molecule has 1 aliphatic carbocycles. The Morgan fingerprint density at radius 2 is 1.95 bits per heavy atom. The Hall–Kier alpha value is -2.70. The van der Waals surface area contributed by atoms with Crippen LogP contribution in [0.5, 0.6) is 0 Å². The minimum absolute atomic E-state index is 0.193. The maximum Gasteiger partial charge on any atom is 0.314 e. The number of nitrogens with zero attached hydrogens (tertiary/aromatic N) is 2. The van der Waals surface area contributed by atoms with Crippen LogP contribution in [0.4, 0.5) is 5.69 Å². The molecule has 0 atom stereocenters. The molecule has 1 amide bonds. The van der Waals surface area contributed by atoms with Crippen molar-refractivity contribution in [2.75, 3.05) is 5.32 Å². The number of hydrogen-bond donors (Lipinski definition) is 3. The van der Waals surface area contributed by atoms with E-state index in [0.29, 0.717) is 18.5 Å². The van der Waals surface area contributed by atoms with Crippen LogP contribution < -0.4 is 5.32 Å². The summed E-state index contributed by atoms with van der Waals surface area (Å²) in [5.41, 5.74) is 0.819. The Labute approximate surface area is 114 Å². The van der Waals surface area contributed by atoms with Gasteiger partial charge in [0.05, 0.1) is 11.6 Å². The molecule has 0 unspecified atom stereocenters. The van der Waals surface area contributed by atoms with E-state index in [0.717, 1.165) is 5.56 Å². The lowest BCUT2D eigenvalue weighted by atomic mass is 9.96. The number of carbonyl (C=O) groups is 2. The second kappa shape index (κ2) is 4.44. The maximum atomic E-state index is 11.7. The molecule has 0 bridgehead atoms. The predicted molar refractivity (Wildman–Crippen MR) is 69.3 cm³/mol. The van der Waals surface area contributed by atoms with Crippen LogP contribution in [0.2, 0.25) is 0 Å². The first kappa shape index (κ1) is 12.3. The maximum absolute atomic E-state index is 11.7. The summed E-state index contributed by atoms with van der Waals surface area (Å²) in [7, 11) is 0. The molecule has 0 saturated heterocycles. The van der Waals surface area contributed by atoms with Gasteiger partial charge in [0.25, 0.3) is 5.91 Å². The van der Waals surface area contributed by atoms with Crippen LogP contribution in [-0.2, 0) is 10.2 Å². The molecule has 1 saturated carbocycles. The quantitative estimate of drug-likeness (QED) is 0.774. The fraction of sp³-hybridized carbons (Fsp3) is 0.231. The molecule has 1 aromatic heterocycles. The molecular formula is C13H12N4O3. The van der Waals surface area contributed by atoms with Crippen molar-refractivity contribution in [3.05, 3.63) is 41.7 Å². The Morgan fingerprint density at radius 3 is 2.45 bits per heavy atom. The molecule has 1 aromatic carbocycles. The van der Waals surface area contributed by atoms with E-state index in [1.165, 1.54) is 6.20 Å². The molecule has 0 radical (unpaired) electrons. The summed E-state index contributed by atoms with van der Waals surface area (Å²) in [5.74, 6) is -1.16. The number of aromatic amines is 1. The Bertz CT molecular complexity index is 645. The zero-order chi connectivity index (χ0) is 14.2. The number of aliphatic carboxylic acids is 1. The molecule has 20 heavy (non-hydrogen) atoms. The Morgan fingerprint density at radius 1 is 1.25 bits per heavy atom. The summed E-state index contributed by atoms with van der Waals surface area (Å²) in [6, 6.07) is 6.85. The van der Waals surface area contributed by atoms with Gasteiger partial charge in [0, 0.05) is 5.69 Å². The highest BCUT2D eigenvalue weighted by Gasteiger charge is 2.51. The molecule has 1 aliphatic rings. The van der Waals surface area contributed by atoms with E-state index in [4.69, 9.17) is 0 Å². The highest BCUT2D eigenvalue weighted by Crippen LogP contribution is 2.48. The van der Waals surface area contributed by atoms with Gasteiger partial charge in [0.1, 0.15) is 0 Å². The number of hydrogen-bond acceptors (Lipinski definition) is 4. The molecule has 7 heteroatoms. The molecular weight excluding hydrogens is 260 g/mol. The van der Waals surface area contributed by atoms with E-state index in [1.807, 2.05) is 0 Å². The molecule has 2 aromatic rings. The van der Waals surface area contributed by atoms with Gasteiger partial charge >= 0.3 is 5.97 Å². The van der Waals surface area contributed by atoms with E-state index >= 15 is 0 Å². The van der Waals surface area contributed by atoms with Gasteiger partial charge < -0.3 is 10.4 Å². The van der Waals surface area contributed by atoms with Crippen molar-refractivity contribution in [1.29, 1.82) is 0 Å². The van der Waals surface area contributed by atoms with Gasteiger partial charge in [0.2, 0.25) is 0 Å². The van der Waals surface area contributed by atoms with Crippen molar-refractivity contribution in [1.82, 2.24) is 15.4 Å². The van der Waals surface area contributed by atoms with Gasteiger partial charge in [-0.2, -0.15) is 15.4 Å². The number of amides is 1. The van der Waals surface area contributed by atoms with E-state index in [9.17, 15) is 14.7 Å². The van der Waals surface area contributed by atoms with Gasteiger partial charge in [-0.05, 0) is 30.5 Å². The zero-order valence-electron chi connectivity index (χ0n) is 10.5. The average Bonchev–Trinajstić information content (AvgIpc) is 3.07. The summed E-state index contributed by atoms with van der Waals surface area (Å²) in [5, 5.41) is 21.5. The SMILES string of the molecule is O=C(Nc1ccc(C2(C(=O)O)CC2)cc1)c1cn[nH]n1. The van der Waals surface area contributed by atoms with Crippen LogP contribution in [0.15, 0.2) is 30.5 Å². The molecule has 1 heterocycles. The van der Waals surface area contributed by atoms with Gasteiger partial charge in [0.15, 0.2) is 5.69 Å². The number of carboxylic acid groups (broad SMARTS) is 1. The third kappa shape index (κ3) is 2.03. The third-order valence-corrected chi connectivity index (χ3v) is 3.50. The van der Waals surface area contributed by atoms with E-state index in [-0.39, 0.29) is 11.6 Å². The molecule has 3 N–H and O–H groups in total. The number of nitrogens with one attached hydrogen (secondary N) is 2. The number of H-pyrrole nitrogens is 1. The van der Waals surface area contributed by atoms with Crippen molar-refractivity contribution in [3.8, 4) is 0 Å². The van der Waals surface area contributed by atoms with E-state index < -0.39 is 11.4 Å². The number of rotatable bonds is 4. The van der Waals surface area contributed by atoms with Gasteiger partial charge in [-0.3, -0.25) is 9.59 Å². The lowest BCUT2D eigenvalue weighted by molar-refractivity contribution is -0.140. The second-order valence-electron chi connectivity index (χ2n) is 4.77. The van der Waals surface area contributed by atoms with Crippen LogP contribution in [0, 0.1) is 0 Å². The van der Waals surface area contributed by atoms with Crippen LogP contribution >= 0.6 is 0 Å². The van der Waals surface area contributed by atoms with Gasteiger partial charge in [-0.1, -0.05) is 12.1 Å². The third-order valence-electron chi connectivity index (χ3n) is 3.50. The first-order chi connectivity index (χ1) is 9.62. The van der Waals surface area contributed by atoms with Crippen molar-refractivity contribution in [3.63, 3.8) is 0 Å². The fourth-order valence-corrected chi connectivity index (χ4v) is 2.13. The fourth-order valence-electron chi connectivity index (χ4n) is 2.13. The van der Waals surface area contributed by atoms with Crippen molar-refractivity contribution < 1.29 is 14.7 Å².